The second-order valence-electron chi connectivity index (χ2n) is 8.25. The van der Waals surface area contributed by atoms with Crippen LogP contribution in [0, 0.1) is 5.92 Å². The molecule has 0 heterocycles. The molecule has 0 fully saturated rings. The molecule has 0 aliphatic heterocycles. The topological polar surface area (TPSA) is 126 Å². The number of hydrogen-bond acceptors (Lipinski definition) is 9. The lowest BCUT2D eigenvalue weighted by Crippen LogP contribution is -2.26. The van der Waals surface area contributed by atoms with Crippen molar-refractivity contribution in [3.63, 3.8) is 0 Å². The van der Waals surface area contributed by atoms with Gasteiger partial charge in [0.1, 0.15) is 23.9 Å². The van der Waals surface area contributed by atoms with Crippen LogP contribution >= 0.6 is 0 Å². The molecule has 0 radical (unpaired) electrons. The number of alkyl carbamates (subject to hydrolysis) is 1. The molecule has 1 unspecified atom stereocenters. The number of hydrogen-bond donors (Lipinski definition) is 1. The van der Waals surface area contributed by atoms with Crippen LogP contribution in [0.1, 0.15) is 23.2 Å². The molecule has 10 heteroatoms. The smallest absolute Gasteiger partial charge is 0.411 e. The molecule has 3 rings (SSSR count). The Kier molecular flexibility index (Phi) is 11.3. The molecule has 0 saturated heterocycles. The van der Waals surface area contributed by atoms with Crippen LogP contribution in [0.2, 0.25) is 0 Å². The van der Waals surface area contributed by atoms with Crippen molar-refractivity contribution in [3.8, 4) is 17.2 Å². The van der Waals surface area contributed by atoms with E-state index in [1.165, 1.54) is 30.3 Å². The van der Waals surface area contributed by atoms with Crippen LogP contribution < -0.4 is 19.5 Å². The Morgan fingerprint density at radius 2 is 1.55 bits per heavy atom. The first-order chi connectivity index (χ1) is 19.4. The van der Waals surface area contributed by atoms with E-state index in [9.17, 15) is 19.2 Å². The summed E-state index contributed by atoms with van der Waals surface area (Å²) < 4.78 is 26.1. The van der Waals surface area contributed by atoms with Crippen molar-refractivity contribution >= 4 is 24.0 Å². The Morgan fingerprint density at radius 3 is 2.17 bits per heavy atom. The summed E-state index contributed by atoms with van der Waals surface area (Å²) in [6.45, 7) is 7.44. The van der Waals surface area contributed by atoms with E-state index in [4.69, 9.17) is 23.7 Å². The van der Waals surface area contributed by atoms with E-state index in [-0.39, 0.29) is 19.0 Å². The normalized spacial score (nSPS) is 13.7. The van der Waals surface area contributed by atoms with Crippen LogP contribution in [-0.4, -0.2) is 43.8 Å². The van der Waals surface area contributed by atoms with E-state index in [1.54, 1.807) is 42.5 Å². The van der Waals surface area contributed by atoms with Gasteiger partial charge < -0.3 is 23.7 Å². The maximum Gasteiger partial charge on any atom is 0.411 e. The summed E-state index contributed by atoms with van der Waals surface area (Å²) >= 11 is 0. The molecule has 2 aromatic rings. The fourth-order valence-corrected chi connectivity index (χ4v) is 3.28. The molecule has 2 aromatic carbocycles. The van der Waals surface area contributed by atoms with Crippen LogP contribution in [0.3, 0.4) is 0 Å². The third-order valence-corrected chi connectivity index (χ3v) is 5.29. The van der Waals surface area contributed by atoms with Gasteiger partial charge in [0.25, 0.3) is 0 Å². The minimum absolute atomic E-state index is 0.0958. The van der Waals surface area contributed by atoms with Gasteiger partial charge in [-0.25, -0.2) is 14.4 Å². The van der Waals surface area contributed by atoms with Crippen molar-refractivity contribution in [1.82, 2.24) is 5.32 Å². The average molecular weight is 548 g/mol. The lowest BCUT2D eigenvalue weighted by Gasteiger charge is -2.16. The molecule has 10 nitrogen and oxygen atoms in total. The monoisotopic (exact) mass is 547 g/mol. The first kappa shape index (κ1) is 29.4. The van der Waals surface area contributed by atoms with E-state index < -0.39 is 29.9 Å². The molecule has 1 amide bonds. The predicted octanol–water partition coefficient (Wildman–Crippen LogP) is 4.68. The van der Waals surface area contributed by atoms with Crippen LogP contribution in [0.15, 0.2) is 97.8 Å². The Bertz CT molecular complexity index is 1280. The summed E-state index contributed by atoms with van der Waals surface area (Å²) in [5.41, 5.74) is 0.845. The lowest BCUT2D eigenvalue weighted by molar-refractivity contribution is -0.138. The third kappa shape index (κ3) is 9.64. The van der Waals surface area contributed by atoms with Crippen molar-refractivity contribution in [2.75, 3.05) is 19.8 Å². The minimum Gasteiger partial charge on any atom is -0.493 e. The van der Waals surface area contributed by atoms with E-state index in [2.05, 4.69) is 18.5 Å². The number of carbonyl (C=O) groups excluding carboxylic acids is 4. The second kappa shape index (κ2) is 15.3. The zero-order valence-electron chi connectivity index (χ0n) is 21.7. The van der Waals surface area contributed by atoms with Gasteiger partial charge in [-0.15, -0.1) is 0 Å². The molecule has 1 aliphatic rings. The summed E-state index contributed by atoms with van der Waals surface area (Å²) in [5.74, 6) is -0.912. The molecule has 1 atom stereocenters. The molecular formula is C30H29NO9. The zero-order chi connectivity index (χ0) is 28.7. The molecule has 1 aliphatic carbocycles. The fraction of sp³-hybridized carbons (Fsp3) is 0.200. The van der Waals surface area contributed by atoms with Gasteiger partial charge >= 0.3 is 24.0 Å². The zero-order valence-corrected chi connectivity index (χ0v) is 21.7. The number of amides is 1. The largest absolute Gasteiger partial charge is 0.493 e. The van der Waals surface area contributed by atoms with Crippen LogP contribution in [0.4, 0.5) is 4.79 Å². The maximum absolute atomic E-state index is 12.5. The average Bonchev–Trinajstić information content (AvgIpc) is 2.97. The van der Waals surface area contributed by atoms with Gasteiger partial charge in [0, 0.05) is 18.2 Å². The standard InChI is InChI=1S/C30H29NO9/c1-3-18-38-30(35)31-23-10-6-21(7-11-23)28(33)39-25-14-16-26(17-15-25)40-29(34)22-8-12-24(13-9-22)36-19-5-20-37-27(32)4-2/h3-4,6,8-17,21H,1-2,5,7,18-20H2,(H,31,35). The van der Waals surface area contributed by atoms with Gasteiger partial charge in [-0.1, -0.05) is 31.4 Å². The van der Waals surface area contributed by atoms with Crippen LogP contribution in [0.5, 0.6) is 17.2 Å². The van der Waals surface area contributed by atoms with Gasteiger partial charge in [0.05, 0.1) is 24.7 Å². The number of allylic oxidation sites excluding steroid dienone is 2. The quantitative estimate of drug-likeness (QED) is 0.125. The van der Waals surface area contributed by atoms with E-state index >= 15 is 0 Å². The highest BCUT2D eigenvalue weighted by atomic mass is 16.6. The number of ether oxygens (including phenoxy) is 5. The van der Waals surface area contributed by atoms with Gasteiger partial charge in [-0.2, -0.15) is 0 Å². The highest BCUT2D eigenvalue weighted by molar-refractivity contribution is 5.91. The van der Waals surface area contributed by atoms with Crippen molar-refractivity contribution in [1.29, 1.82) is 0 Å². The number of rotatable bonds is 13. The van der Waals surface area contributed by atoms with E-state index in [0.29, 0.717) is 42.2 Å². The number of nitrogens with one attached hydrogen (secondary N) is 1. The number of carbonyl (C=O) groups is 4. The van der Waals surface area contributed by atoms with E-state index in [0.717, 1.165) is 6.08 Å². The highest BCUT2D eigenvalue weighted by Crippen LogP contribution is 2.23. The lowest BCUT2D eigenvalue weighted by atomic mass is 9.99. The van der Waals surface area contributed by atoms with Crippen molar-refractivity contribution in [2.24, 2.45) is 5.92 Å². The molecule has 0 saturated carbocycles. The number of benzene rings is 2. The molecule has 40 heavy (non-hydrogen) atoms. The number of esters is 3. The summed E-state index contributed by atoms with van der Waals surface area (Å²) in [7, 11) is 0. The van der Waals surface area contributed by atoms with Gasteiger partial charge in [0.15, 0.2) is 0 Å². The SMILES string of the molecule is C=CCOC(=O)NC1=CCC(C(=O)Oc2ccc(OC(=O)c3ccc(OCCCOC(=O)C=C)cc3)cc2)C=C1. The Hall–Kier alpha value is -5.12. The molecule has 0 aromatic heterocycles. The molecule has 0 bridgehead atoms. The Morgan fingerprint density at radius 1 is 0.875 bits per heavy atom. The Balaban J connectivity index is 1.41. The molecule has 1 N–H and O–H groups in total. The van der Waals surface area contributed by atoms with Crippen LogP contribution in [0.25, 0.3) is 0 Å². The first-order valence-corrected chi connectivity index (χ1v) is 12.4. The summed E-state index contributed by atoms with van der Waals surface area (Å²) in [5, 5.41) is 2.57. The first-order valence-electron chi connectivity index (χ1n) is 12.4. The van der Waals surface area contributed by atoms with Gasteiger partial charge in [0.2, 0.25) is 0 Å². The van der Waals surface area contributed by atoms with Crippen molar-refractivity contribution < 1.29 is 42.9 Å². The van der Waals surface area contributed by atoms with E-state index in [1.807, 2.05) is 0 Å². The molecular weight excluding hydrogens is 518 g/mol. The Labute approximate surface area is 231 Å². The highest BCUT2D eigenvalue weighted by Gasteiger charge is 2.20. The maximum atomic E-state index is 12.5. The molecule has 208 valence electrons. The van der Waals surface area contributed by atoms with Crippen molar-refractivity contribution in [2.45, 2.75) is 12.8 Å². The van der Waals surface area contributed by atoms with Gasteiger partial charge in [-0.3, -0.25) is 10.1 Å². The fourth-order valence-electron chi connectivity index (χ4n) is 3.28. The summed E-state index contributed by atoms with van der Waals surface area (Å²) in [6.07, 6.45) is 7.75. The predicted molar refractivity (Wildman–Crippen MR) is 145 cm³/mol. The summed E-state index contributed by atoms with van der Waals surface area (Å²) in [6, 6.07) is 12.5. The van der Waals surface area contributed by atoms with Crippen LogP contribution in [-0.2, 0) is 19.1 Å². The molecule has 0 spiro atoms. The second-order valence-corrected chi connectivity index (χ2v) is 8.25. The van der Waals surface area contributed by atoms with Crippen molar-refractivity contribution in [3.05, 3.63) is 103 Å². The third-order valence-electron chi connectivity index (χ3n) is 5.29. The summed E-state index contributed by atoms with van der Waals surface area (Å²) in [4.78, 5) is 47.6. The minimum atomic E-state index is -0.610. The van der Waals surface area contributed by atoms with Gasteiger partial charge in [-0.05, 0) is 61.0 Å².